The van der Waals surface area contributed by atoms with E-state index in [4.69, 9.17) is 0 Å². The van der Waals surface area contributed by atoms with Crippen molar-refractivity contribution in [1.82, 2.24) is 14.9 Å². The fourth-order valence-corrected chi connectivity index (χ4v) is 2.51. The number of imidazole rings is 1. The molecule has 0 aliphatic rings. The number of hydrogen-bond donors (Lipinski definition) is 1. The number of benzene rings is 1. The van der Waals surface area contributed by atoms with Gasteiger partial charge in [-0.15, -0.1) is 0 Å². The van der Waals surface area contributed by atoms with Crippen molar-refractivity contribution >= 4 is 15.9 Å². The molecule has 6 heteroatoms. The maximum atomic E-state index is 14.1. The Kier molecular flexibility index (Phi) is 5.47. The van der Waals surface area contributed by atoms with Gasteiger partial charge in [-0.3, -0.25) is 0 Å². The van der Waals surface area contributed by atoms with Crippen LogP contribution in [-0.4, -0.2) is 16.1 Å². The molecule has 1 N–H and O–H groups in total. The maximum Gasteiger partial charge on any atom is 0.145 e. The Balaban J connectivity index is 2.27. The number of hydrogen-bond acceptors (Lipinski definition) is 2. The van der Waals surface area contributed by atoms with Gasteiger partial charge in [0.05, 0.1) is 16.7 Å². The molecule has 0 unspecified atom stereocenters. The lowest BCUT2D eigenvalue weighted by molar-refractivity contribution is 0.531. The van der Waals surface area contributed by atoms with Crippen molar-refractivity contribution in [3.8, 4) is 0 Å². The van der Waals surface area contributed by atoms with E-state index in [0.717, 1.165) is 24.5 Å². The van der Waals surface area contributed by atoms with Crippen LogP contribution in [0.15, 0.2) is 22.8 Å². The predicted molar refractivity (Wildman–Crippen MR) is 82.1 cm³/mol. The fraction of sp³-hybridized carbons (Fsp3) is 0.400. The van der Waals surface area contributed by atoms with Gasteiger partial charge in [-0.05, 0) is 48.0 Å². The molecule has 1 aromatic carbocycles. The van der Waals surface area contributed by atoms with Gasteiger partial charge in [0.25, 0.3) is 0 Å². The second kappa shape index (κ2) is 7.13. The molecule has 0 bridgehead atoms. The highest BCUT2D eigenvalue weighted by Crippen LogP contribution is 2.23. The lowest BCUT2D eigenvalue weighted by Crippen LogP contribution is -2.18. The molecular weight excluding hydrogens is 340 g/mol. The van der Waals surface area contributed by atoms with E-state index in [1.165, 1.54) is 12.1 Å². The largest absolute Gasteiger partial charge is 0.326 e. The standard InChI is InChI=1S/C15H18BrF2N3/c1-3-6-19-7-11-8-20-10(2)21(11)9-12-14(17)5-4-13(16)15(12)18/h4-5,8,19H,3,6-7,9H2,1-2H3. The third kappa shape index (κ3) is 3.68. The quantitative estimate of drug-likeness (QED) is 0.629. The summed E-state index contributed by atoms with van der Waals surface area (Å²) in [6.45, 7) is 5.57. The van der Waals surface area contributed by atoms with Crippen molar-refractivity contribution < 1.29 is 8.78 Å². The van der Waals surface area contributed by atoms with Gasteiger partial charge in [-0.2, -0.15) is 0 Å². The fourth-order valence-electron chi connectivity index (χ4n) is 2.14. The molecule has 0 aliphatic carbocycles. The Hall–Kier alpha value is -1.27. The van der Waals surface area contributed by atoms with Gasteiger partial charge >= 0.3 is 0 Å². The SMILES string of the molecule is CCCNCc1cnc(C)n1Cc1c(F)ccc(Br)c1F. The molecule has 21 heavy (non-hydrogen) atoms. The normalized spacial score (nSPS) is 11.1. The molecule has 2 rings (SSSR count). The Morgan fingerprint density at radius 3 is 2.81 bits per heavy atom. The van der Waals surface area contributed by atoms with E-state index in [2.05, 4.69) is 33.2 Å². The Labute approximate surface area is 131 Å². The molecule has 0 fully saturated rings. The molecule has 0 saturated carbocycles. The second-order valence-electron chi connectivity index (χ2n) is 4.88. The summed E-state index contributed by atoms with van der Waals surface area (Å²) in [5, 5.41) is 3.27. The smallest absolute Gasteiger partial charge is 0.145 e. The zero-order valence-corrected chi connectivity index (χ0v) is 13.7. The summed E-state index contributed by atoms with van der Waals surface area (Å²) < 4.78 is 30.1. The first kappa shape index (κ1) is 16.1. The first-order valence-corrected chi connectivity index (χ1v) is 7.68. The molecule has 3 nitrogen and oxygen atoms in total. The van der Waals surface area contributed by atoms with Crippen LogP contribution in [-0.2, 0) is 13.1 Å². The molecule has 0 aliphatic heterocycles. The van der Waals surface area contributed by atoms with Gasteiger partial charge in [0.1, 0.15) is 17.5 Å². The van der Waals surface area contributed by atoms with Crippen LogP contribution >= 0.6 is 15.9 Å². The van der Waals surface area contributed by atoms with Crippen LogP contribution in [0.25, 0.3) is 0 Å². The molecule has 2 aromatic rings. The number of nitrogens with one attached hydrogen (secondary N) is 1. The van der Waals surface area contributed by atoms with Gasteiger partial charge in [0.15, 0.2) is 0 Å². The summed E-state index contributed by atoms with van der Waals surface area (Å²) in [5.41, 5.74) is 0.960. The molecule has 0 spiro atoms. The van der Waals surface area contributed by atoms with Crippen molar-refractivity contribution in [2.75, 3.05) is 6.54 Å². The zero-order chi connectivity index (χ0) is 15.4. The summed E-state index contributed by atoms with van der Waals surface area (Å²) in [6.07, 6.45) is 2.77. The predicted octanol–water partition coefficient (Wildman–Crippen LogP) is 3.78. The summed E-state index contributed by atoms with van der Waals surface area (Å²) >= 11 is 3.09. The van der Waals surface area contributed by atoms with Gasteiger partial charge in [0, 0.05) is 18.3 Å². The van der Waals surface area contributed by atoms with Crippen LogP contribution in [0.3, 0.4) is 0 Å². The Morgan fingerprint density at radius 2 is 2.10 bits per heavy atom. The van der Waals surface area contributed by atoms with E-state index in [1.807, 2.05) is 11.5 Å². The highest BCUT2D eigenvalue weighted by atomic mass is 79.9. The molecule has 0 saturated heterocycles. The van der Waals surface area contributed by atoms with Crippen LogP contribution in [0.4, 0.5) is 8.78 Å². The van der Waals surface area contributed by atoms with Crippen LogP contribution in [0, 0.1) is 18.6 Å². The van der Waals surface area contributed by atoms with E-state index in [0.29, 0.717) is 6.54 Å². The van der Waals surface area contributed by atoms with Crippen molar-refractivity contribution in [1.29, 1.82) is 0 Å². The molecule has 0 radical (unpaired) electrons. The number of aromatic nitrogens is 2. The molecule has 0 amide bonds. The van der Waals surface area contributed by atoms with Crippen LogP contribution in [0.1, 0.15) is 30.4 Å². The third-order valence-electron chi connectivity index (χ3n) is 3.33. The van der Waals surface area contributed by atoms with Crippen molar-refractivity contribution in [2.45, 2.75) is 33.4 Å². The first-order valence-electron chi connectivity index (χ1n) is 6.88. The number of aryl methyl sites for hydroxylation is 1. The van der Waals surface area contributed by atoms with Crippen LogP contribution in [0.5, 0.6) is 0 Å². The Morgan fingerprint density at radius 1 is 1.33 bits per heavy atom. The molecular formula is C15H18BrF2N3. The molecule has 1 heterocycles. The minimum atomic E-state index is -0.560. The lowest BCUT2D eigenvalue weighted by Gasteiger charge is -2.13. The van der Waals surface area contributed by atoms with Gasteiger partial charge in [-0.1, -0.05) is 6.92 Å². The highest BCUT2D eigenvalue weighted by molar-refractivity contribution is 9.10. The van der Waals surface area contributed by atoms with E-state index >= 15 is 0 Å². The molecule has 0 atom stereocenters. The molecule has 114 valence electrons. The van der Waals surface area contributed by atoms with Crippen molar-refractivity contribution in [2.24, 2.45) is 0 Å². The van der Waals surface area contributed by atoms with Gasteiger partial charge in [0.2, 0.25) is 0 Å². The highest BCUT2D eigenvalue weighted by Gasteiger charge is 2.15. The lowest BCUT2D eigenvalue weighted by atomic mass is 10.2. The summed E-state index contributed by atoms with van der Waals surface area (Å²) in [6, 6.07) is 2.64. The van der Waals surface area contributed by atoms with E-state index in [1.54, 1.807) is 6.20 Å². The van der Waals surface area contributed by atoms with Gasteiger partial charge < -0.3 is 9.88 Å². The summed E-state index contributed by atoms with van der Waals surface area (Å²) in [4.78, 5) is 4.24. The minimum absolute atomic E-state index is 0.0437. The minimum Gasteiger partial charge on any atom is -0.326 e. The third-order valence-corrected chi connectivity index (χ3v) is 3.94. The second-order valence-corrected chi connectivity index (χ2v) is 5.74. The topological polar surface area (TPSA) is 29.9 Å². The maximum absolute atomic E-state index is 14.1. The zero-order valence-electron chi connectivity index (χ0n) is 12.1. The van der Waals surface area contributed by atoms with Crippen molar-refractivity contribution in [3.05, 3.63) is 51.5 Å². The van der Waals surface area contributed by atoms with E-state index < -0.39 is 11.6 Å². The Bertz CT molecular complexity index is 626. The summed E-state index contributed by atoms with van der Waals surface area (Å²) in [5.74, 6) is -0.367. The number of nitrogens with zero attached hydrogens (tertiary/aromatic N) is 2. The average molecular weight is 358 g/mol. The van der Waals surface area contributed by atoms with E-state index in [9.17, 15) is 8.78 Å². The number of halogens is 3. The van der Waals surface area contributed by atoms with E-state index in [-0.39, 0.29) is 16.6 Å². The van der Waals surface area contributed by atoms with Crippen molar-refractivity contribution in [3.63, 3.8) is 0 Å². The summed E-state index contributed by atoms with van der Waals surface area (Å²) in [7, 11) is 0. The number of rotatable bonds is 6. The van der Waals surface area contributed by atoms with Crippen LogP contribution < -0.4 is 5.32 Å². The van der Waals surface area contributed by atoms with Gasteiger partial charge in [-0.25, -0.2) is 13.8 Å². The first-order chi connectivity index (χ1) is 10.0. The average Bonchev–Trinajstić information content (AvgIpc) is 2.80. The molecule has 1 aromatic heterocycles. The van der Waals surface area contributed by atoms with Crippen LogP contribution in [0.2, 0.25) is 0 Å². The monoisotopic (exact) mass is 357 g/mol.